The summed E-state index contributed by atoms with van der Waals surface area (Å²) in [5.41, 5.74) is 11.7. The summed E-state index contributed by atoms with van der Waals surface area (Å²) in [6.07, 6.45) is 0. The van der Waals surface area contributed by atoms with E-state index in [4.69, 9.17) is 0 Å². The van der Waals surface area contributed by atoms with Crippen molar-refractivity contribution in [3.05, 3.63) is 151 Å². The van der Waals surface area contributed by atoms with Gasteiger partial charge in [0.25, 0.3) is 0 Å². The van der Waals surface area contributed by atoms with Crippen LogP contribution < -0.4 is 0 Å². The molecule has 0 atom stereocenters. The molecular formula is C41H29N. The van der Waals surface area contributed by atoms with Gasteiger partial charge in [-0.2, -0.15) is 0 Å². The van der Waals surface area contributed by atoms with Crippen LogP contribution in [0.2, 0.25) is 0 Å². The van der Waals surface area contributed by atoms with Crippen molar-refractivity contribution in [3.63, 3.8) is 0 Å². The van der Waals surface area contributed by atoms with Crippen molar-refractivity contribution >= 4 is 43.4 Å². The molecule has 0 aliphatic heterocycles. The Morgan fingerprint density at radius 2 is 1.12 bits per heavy atom. The number of hydrogen-bond acceptors (Lipinski definition) is 0. The van der Waals surface area contributed by atoms with Crippen LogP contribution in [0.1, 0.15) is 25.0 Å². The Morgan fingerprint density at radius 1 is 0.476 bits per heavy atom. The molecule has 198 valence electrons. The van der Waals surface area contributed by atoms with Gasteiger partial charge >= 0.3 is 0 Å². The van der Waals surface area contributed by atoms with Gasteiger partial charge in [-0.1, -0.05) is 123 Å². The monoisotopic (exact) mass is 535 g/mol. The molecule has 0 saturated heterocycles. The van der Waals surface area contributed by atoms with Gasteiger partial charge in [0.05, 0.1) is 11.0 Å². The molecule has 1 aliphatic rings. The lowest BCUT2D eigenvalue weighted by Crippen LogP contribution is -2.16. The van der Waals surface area contributed by atoms with Crippen LogP contribution in [0, 0.1) is 0 Å². The minimum atomic E-state index is -0.115. The summed E-state index contributed by atoms with van der Waals surface area (Å²) in [4.78, 5) is 0. The topological polar surface area (TPSA) is 4.93 Å². The number of rotatable bonds is 2. The molecule has 0 N–H and O–H groups in total. The zero-order valence-corrected chi connectivity index (χ0v) is 23.7. The normalized spacial score (nSPS) is 13.7. The molecule has 8 aromatic rings. The van der Waals surface area contributed by atoms with Gasteiger partial charge in [0.2, 0.25) is 0 Å². The molecule has 42 heavy (non-hydrogen) atoms. The third-order valence-electron chi connectivity index (χ3n) is 9.52. The molecule has 0 spiro atoms. The third-order valence-corrected chi connectivity index (χ3v) is 9.52. The largest absolute Gasteiger partial charge is 0.309 e. The van der Waals surface area contributed by atoms with Crippen LogP contribution in [0.25, 0.3) is 71.3 Å². The molecule has 1 heterocycles. The smallest absolute Gasteiger partial charge is 0.0588 e. The lowest BCUT2D eigenvalue weighted by Gasteiger charge is -2.23. The Balaban J connectivity index is 1.38. The van der Waals surface area contributed by atoms with Crippen molar-refractivity contribution < 1.29 is 0 Å². The van der Waals surface area contributed by atoms with Crippen LogP contribution in [0.3, 0.4) is 0 Å². The van der Waals surface area contributed by atoms with Gasteiger partial charge in [0.15, 0.2) is 0 Å². The number of fused-ring (bicyclic) bond motifs is 9. The fourth-order valence-electron chi connectivity index (χ4n) is 7.50. The maximum Gasteiger partial charge on any atom is 0.0588 e. The summed E-state index contributed by atoms with van der Waals surface area (Å²) in [6.45, 7) is 4.78. The Hall–Kier alpha value is -5.14. The molecule has 1 nitrogen and oxygen atoms in total. The van der Waals surface area contributed by atoms with Crippen LogP contribution in [0.5, 0.6) is 0 Å². The molecule has 9 rings (SSSR count). The first-order valence-electron chi connectivity index (χ1n) is 14.8. The lowest BCUT2D eigenvalue weighted by molar-refractivity contribution is 0.664. The standard InChI is InChI=1S/C41H29N/c1-41(2)37-14-8-7-13-33(37)34-20-21-35-36-25-31(30-16-15-26-9-3-5-11-28(26)23-30)18-22-38(36)42(40(35)39(34)41)32-19-17-27-10-4-6-12-29(27)24-32/h3-25H,1-2H3. The van der Waals surface area contributed by atoms with E-state index in [0.29, 0.717) is 0 Å². The highest BCUT2D eigenvalue weighted by atomic mass is 15.0. The second-order valence-electron chi connectivity index (χ2n) is 12.2. The second kappa shape index (κ2) is 8.44. The van der Waals surface area contributed by atoms with Gasteiger partial charge in [-0.3, -0.25) is 0 Å². The van der Waals surface area contributed by atoms with Gasteiger partial charge in [-0.25, -0.2) is 0 Å². The summed E-state index contributed by atoms with van der Waals surface area (Å²) < 4.78 is 2.52. The van der Waals surface area contributed by atoms with Crippen LogP contribution in [-0.4, -0.2) is 4.57 Å². The average Bonchev–Trinajstić information content (AvgIpc) is 3.49. The molecule has 1 heteroatoms. The van der Waals surface area contributed by atoms with Crippen molar-refractivity contribution in [3.8, 4) is 27.9 Å². The maximum atomic E-state index is 2.52. The van der Waals surface area contributed by atoms with E-state index in [1.165, 1.54) is 82.4 Å². The number of benzene rings is 7. The van der Waals surface area contributed by atoms with Crippen molar-refractivity contribution in [1.82, 2.24) is 4.57 Å². The molecule has 0 amide bonds. The van der Waals surface area contributed by atoms with Gasteiger partial charge < -0.3 is 4.57 Å². The van der Waals surface area contributed by atoms with Crippen molar-refractivity contribution in [2.75, 3.05) is 0 Å². The fourth-order valence-corrected chi connectivity index (χ4v) is 7.50. The first kappa shape index (κ1) is 23.6. The number of nitrogens with zero attached hydrogens (tertiary/aromatic N) is 1. The second-order valence-corrected chi connectivity index (χ2v) is 12.2. The molecule has 0 bridgehead atoms. The molecular weight excluding hydrogens is 506 g/mol. The van der Waals surface area contributed by atoms with E-state index in [1.807, 2.05) is 0 Å². The van der Waals surface area contributed by atoms with Crippen molar-refractivity contribution in [1.29, 1.82) is 0 Å². The highest BCUT2D eigenvalue weighted by molar-refractivity contribution is 6.14. The van der Waals surface area contributed by atoms with Gasteiger partial charge in [0.1, 0.15) is 0 Å². The van der Waals surface area contributed by atoms with Gasteiger partial charge in [-0.15, -0.1) is 0 Å². The SMILES string of the molecule is CC1(C)c2ccccc2-c2ccc3c4cc(-c5ccc6ccccc6c5)ccc4n(-c4ccc5ccccc5c4)c3c21. The first-order chi connectivity index (χ1) is 20.6. The number of hydrogen-bond donors (Lipinski definition) is 0. The summed E-state index contributed by atoms with van der Waals surface area (Å²) >= 11 is 0. The lowest BCUT2D eigenvalue weighted by atomic mass is 9.81. The molecule has 0 unspecified atom stereocenters. The zero-order chi connectivity index (χ0) is 28.0. The summed E-state index contributed by atoms with van der Waals surface area (Å²) in [6, 6.07) is 51.6. The van der Waals surface area contributed by atoms with E-state index >= 15 is 0 Å². The predicted molar refractivity (Wildman–Crippen MR) is 179 cm³/mol. The van der Waals surface area contributed by atoms with Crippen LogP contribution >= 0.6 is 0 Å². The highest BCUT2D eigenvalue weighted by Crippen LogP contribution is 2.53. The maximum absolute atomic E-state index is 2.52. The molecule has 7 aromatic carbocycles. The average molecular weight is 536 g/mol. The summed E-state index contributed by atoms with van der Waals surface area (Å²) in [5.74, 6) is 0. The van der Waals surface area contributed by atoms with Crippen LogP contribution in [0.4, 0.5) is 0 Å². The van der Waals surface area contributed by atoms with Gasteiger partial charge in [-0.05, 0) is 85.3 Å². The van der Waals surface area contributed by atoms with E-state index in [1.54, 1.807) is 0 Å². The Bertz CT molecular complexity index is 2380. The molecule has 0 fully saturated rings. The molecule has 0 radical (unpaired) electrons. The van der Waals surface area contributed by atoms with Gasteiger partial charge in [0, 0.05) is 21.9 Å². The van der Waals surface area contributed by atoms with Crippen LogP contribution in [0.15, 0.2) is 140 Å². The Kier molecular flexibility index (Phi) is 4.73. The highest BCUT2D eigenvalue weighted by Gasteiger charge is 2.38. The fraction of sp³-hybridized carbons (Fsp3) is 0.0732. The Morgan fingerprint density at radius 3 is 1.93 bits per heavy atom. The van der Waals surface area contributed by atoms with E-state index < -0.39 is 0 Å². The van der Waals surface area contributed by atoms with Crippen molar-refractivity contribution in [2.24, 2.45) is 0 Å². The van der Waals surface area contributed by atoms with E-state index in [2.05, 4.69) is 158 Å². The molecule has 1 aromatic heterocycles. The number of aromatic nitrogens is 1. The molecule has 0 saturated carbocycles. The van der Waals surface area contributed by atoms with Crippen LogP contribution in [-0.2, 0) is 5.41 Å². The predicted octanol–water partition coefficient (Wildman–Crippen LogP) is 11.1. The van der Waals surface area contributed by atoms with Crippen molar-refractivity contribution in [2.45, 2.75) is 19.3 Å². The molecule has 1 aliphatic carbocycles. The van der Waals surface area contributed by atoms with E-state index in [-0.39, 0.29) is 5.41 Å². The zero-order valence-electron chi connectivity index (χ0n) is 23.7. The van der Waals surface area contributed by atoms with E-state index in [9.17, 15) is 0 Å². The third kappa shape index (κ3) is 3.19. The quantitative estimate of drug-likeness (QED) is 0.207. The minimum absolute atomic E-state index is 0.115. The first-order valence-corrected chi connectivity index (χ1v) is 14.8. The Labute approximate surface area is 245 Å². The summed E-state index contributed by atoms with van der Waals surface area (Å²) in [7, 11) is 0. The summed E-state index contributed by atoms with van der Waals surface area (Å²) in [5, 5.41) is 7.66. The minimum Gasteiger partial charge on any atom is -0.309 e. The van der Waals surface area contributed by atoms with E-state index in [0.717, 1.165) is 0 Å².